The van der Waals surface area contributed by atoms with E-state index in [0.717, 1.165) is 0 Å². The number of pyridine rings is 1. The number of nitrogens with one attached hydrogen (secondary N) is 1. The minimum absolute atomic E-state index is 0.0265. The molecule has 0 saturated carbocycles. The van der Waals surface area contributed by atoms with Crippen molar-refractivity contribution in [3.8, 4) is 0 Å². The van der Waals surface area contributed by atoms with E-state index in [1.54, 1.807) is 25.1 Å². The molecule has 120 valence electrons. The summed E-state index contributed by atoms with van der Waals surface area (Å²) in [6.07, 6.45) is 0. The van der Waals surface area contributed by atoms with E-state index >= 15 is 0 Å². The van der Waals surface area contributed by atoms with Gasteiger partial charge in [0.1, 0.15) is 15.9 Å². The predicted octanol–water partition coefficient (Wildman–Crippen LogP) is 4.72. The average molecular weight is 377 g/mol. The summed E-state index contributed by atoms with van der Waals surface area (Å²) in [5, 5.41) is 12.4. The molecule has 1 aromatic heterocycles. The smallest absolute Gasteiger partial charge is 0.356 e. The molecule has 1 heterocycles. The Kier molecular flexibility index (Phi) is 5.41. The van der Waals surface area contributed by atoms with E-state index in [1.807, 2.05) is 0 Å². The van der Waals surface area contributed by atoms with E-state index < -0.39 is 17.5 Å². The number of aromatic nitrogens is 1. The third-order valence-electron chi connectivity index (χ3n) is 2.84. The number of carboxylic acids is 1. The summed E-state index contributed by atoms with van der Waals surface area (Å²) < 4.78 is 13.7. The first-order chi connectivity index (χ1) is 10.8. The van der Waals surface area contributed by atoms with Crippen LogP contribution in [0, 0.1) is 5.82 Å². The monoisotopic (exact) mass is 375 g/mol. The van der Waals surface area contributed by atoms with Crippen LogP contribution in [0.1, 0.15) is 23.0 Å². The van der Waals surface area contributed by atoms with Gasteiger partial charge in [-0.1, -0.05) is 53.0 Å². The number of hydrazone groups is 1. The van der Waals surface area contributed by atoms with Crippen LogP contribution in [-0.2, 0) is 0 Å². The molecule has 0 aliphatic carbocycles. The Morgan fingerprint density at radius 2 is 1.91 bits per heavy atom. The minimum atomic E-state index is -1.37. The molecule has 23 heavy (non-hydrogen) atoms. The lowest BCUT2D eigenvalue weighted by molar-refractivity contribution is 0.0691. The second kappa shape index (κ2) is 7.12. The normalized spacial score (nSPS) is 11.4. The number of anilines is 1. The largest absolute Gasteiger partial charge is 0.476 e. The molecule has 0 atom stereocenters. The third-order valence-corrected chi connectivity index (χ3v) is 3.95. The van der Waals surface area contributed by atoms with Gasteiger partial charge in [-0.3, -0.25) is 5.43 Å². The molecule has 0 aliphatic rings. The van der Waals surface area contributed by atoms with Gasteiger partial charge >= 0.3 is 5.97 Å². The fourth-order valence-corrected chi connectivity index (χ4v) is 2.37. The summed E-state index contributed by atoms with van der Waals surface area (Å²) in [7, 11) is 0. The lowest BCUT2D eigenvalue weighted by atomic mass is 10.1. The van der Waals surface area contributed by atoms with E-state index in [-0.39, 0.29) is 26.4 Å². The van der Waals surface area contributed by atoms with Crippen LogP contribution in [0.3, 0.4) is 0 Å². The van der Waals surface area contributed by atoms with Crippen LogP contribution in [0.25, 0.3) is 0 Å². The lowest BCUT2D eigenvalue weighted by Gasteiger charge is -2.10. The summed E-state index contributed by atoms with van der Waals surface area (Å²) in [4.78, 5) is 14.7. The van der Waals surface area contributed by atoms with Gasteiger partial charge in [-0.05, 0) is 13.0 Å². The number of halogens is 4. The molecule has 0 bridgehead atoms. The van der Waals surface area contributed by atoms with E-state index in [2.05, 4.69) is 15.5 Å². The van der Waals surface area contributed by atoms with Gasteiger partial charge in [-0.2, -0.15) is 5.10 Å². The standard InChI is InChI=1S/C14H9Cl3FN3O2/c1-6(7-4-2-3-5-8(7)18)20-21-11-9(15)12(14(22)23)19-13(17)10(11)16/h2-5H,1H3,(H,19,21)(H,22,23)/b20-6+. The molecule has 5 nitrogen and oxygen atoms in total. The molecule has 0 radical (unpaired) electrons. The van der Waals surface area contributed by atoms with Crippen molar-refractivity contribution in [2.45, 2.75) is 6.92 Å². The number of hydrogen-bond donors (Lipinski definition) is 2. The Morgan fingerprint density at radius 3 is 2.52 bits per heavy atom. The Hall–Kier alpha value is -1.89. The molecule has 0 aliphatic heterocycles. The van der Waals surface area contributed by atoms with Crippen LogP contribution >= 0.6 is 34.8 Å². The molecular weight excluding hydrogens is 368 g/mol. The quantitative estimate of drug-likeness (QED) is 0.460. The molecule has 0 saturated heterocycles. The van der Waals surface area contributed by atoms with Gasteiger partial charge in [0.05, 0.1) is 11.4 Å². The fourth-order valence-electron chi connectivity index (χ4n) is 1.71. The van der Waals surface area contributed by atoms with Crippen LogP contribution in [-0.4, -0.2) is 21.8 Å². The average Bonchev–Trinajstić information content (AvgIpc) is 2.50. The van der Waals surface area contributed by atoms with E-state index in [4.69, 9.17) is 39.9 Å². The van der Waals surface area contributed by atoms with E-state index in [0.29, 0.717) is 5.71 Å². The van der Waals surface area contributed by atoms with Crippen molar-refractivity contribution >= 4 is 52.2 Å². The van der Waals surface area contributed by atoms with Crippen LogP contribution in [0.5, 0.6) is 0 Å². The van der Waals surface area contributed by atoms with Crippen LogP contribution < -0.4 is 5.43 Å². The topological polar surface area (TPSA) is 74.6 Å². The van der Waals surface area contributed by atoms with Gasteiger partial charge in [-0.25, -0.2) is 14.2 Å². The van der Waals surface area contributed by atoms with Gasteiger partial charge in [0.15, 0.2) is 10.8 Å². The zero-order valence-corrected chi connectivity index (χ0v) is 13.8. The first kappa shape index (κ1) is 17.5. The molecule has 0 unspecified atom stereocenters. The van der Waals surface area contributed by atoms with E-state index in [9.17, 15) is 9.18 Å². The van der Waals surface area contributed by atoms with Gasteiger partial charge < -0.3 is 5.11 Å². The number of rotatable bonds is 4. The highest BCUT2D eigenvalue weighted by atomic mass is 35.5. The van der Waals surface area contributed by atoms with Gasteiger partial charge in [0.25, 0.3) is 0 Å². The predicted molar refractivity (Wildman–Crippen MR) is 88.5 cm³/mol. The molecule has 2 N–H and O–H groups in total. The second-order valence-electron chi connectivity index (χ2n) is 4.35. The minimum Gasteiger partial charge on any atom is -0.476 e. The van der Waals surface area contributed by atoms with Gasteiger partial charge in [0, 0.05) is 5.56 Å². The molecule has 9 heteroatoms. The first-order valence-corrected chi connectivity index (χ1v) is 7.29. The Morgan fingerprint density at radius 1 is 1.26 bits per heavy atom. The Labute approximate surface area is 145 Å². The molecule has 2 aromatic rings. The van der Waals surface area contributed by atoms with Crippen molar-refractivity contribution in [2.75, 3.05) is 5.43 Å². The van der Waals surface area contributed by atoms with Crippen LogP contribution in [0.15, 0.2) is 29.4 Å². The van der Waals surface area contributed by atoms with Gasteiger partial charge in [0.2, 0.25) is 0 Å². The number of nitrogens with zero attached hydrogens (tertiary/aromatic N) is 2. The fraction of sp³-hybridized carbons (Fsp3) is 0.0714. The van der Waals surface area contributed by atoms with Crippen molar-refractivity contribution in [1.29, 1.82) is 0 Å². The summed E-state index contributed by atoms with van der Waals surface area (Å²) in [5.41, 5.74) is 2.59. The number of aromatic carboxylic acids is 1. The van der Waals surface area contributed by atoms with Gasteiger partial charge in [-0.15, -0.1) is 0 Å². The highest BCUT2D eigenvalue weighted by Crippen LogP contribution is 2.36. The van der Waals surface area contributed by atoms with Crippen molar-refractivity contribution in [3.05, 3.63) is 56.5 Å². The first-order valence-electron chi connectivity index (χ1n) is 6.16. The lowest BCUT2D eigenvalue weighted by Crippen LogP contribution is -2.07. The maximum Gasteiger partial charge on any atom is 0.356 e. The second-order valence-corrected chi connectivity index (χ2v) is 5.46. The third kappa shape index (κ3) is 3.72. The van der Waals surface area contributed by atoms with Crippen molar-refractivity contribution in [1.82, 2.24) is 4.98 Å². The maximum atomic E-state index is 13.7. The number of carbonyl (C=O) groups is 1. The Balaban J connectivity index is 2.43. The molecule has 1 aromatic carbocycles. The Bertz CT molecular complexity index is 812. The maximum absolute atomic E-state index is 13.7. The number of hydrogen-bond acceptors (Lipinski definition) is 4. The number of carboxylic acid groups (broad SMARTS) is 1. The highest BCUT2D eigenvalue weighted by Gasteiger charge is 2.20. The highest BCUT2D eigenvalue weighted by molar-refractivity contribution is 6.46. The summed E-state index contributed by atoms with van der Waals surface area (Å²) in [6.45, 7) is 1.56. The molecular formula is C14H9Cl3FN3O2. The number of benzene rings is 1. The molecule has 2 rings (SSSR count). The van der Waals surface area contributed by atoms with Crippen LogP contribution in [0.2, 0.25) is 15.2 Å². The SMILES string of the molecule is C/C(=N\Nc1c(Cl)c(Cl)nc(C(=O)O)c1Cl)c1ccccc1F. The van der Waals surface area contributed by atoms with E-state index in [1.165, 1.54) is 6.07 Å². The molecule has 0 spiro atoms. The van der Waals surface area contributed by atoms with Crippen molar-refractivity contribution in [3.63, 3.8) is 0 Å². The van der Waals surface area contributed by atoms with Crippen molar-refractivity contribution in [2.24, 2.45) is 5.10 Å². The zero-order chi connectivity index (χ0) is 17.1. The van der Waals surface area contributed by atoms with Crippen molar-refractivity contribution < 1.29 is 14.3 Å². The molecule has 0 amide bonds. The van der Waals surface area contributed by atoms with Crippen LogP contribution in [0.4, 0.5) is 10.1 Å². The summed E-state index contributed by atoms with van der Waals surface area (Å²) in [6, 6.07) is 6.04. The molecule has 0 fully saturated rings. The summed E-state index contributed by atoms with van der Waals surface area (Å²) in [5.74, 6) is -1.82. The summed E-state index contributed by atoms with van der Waals surface area (Å²) >= 11 is 17.7. The zero-order valence-electron chi connectivity index (χ0n) is 11.6.